The van der Waals surface area contributed by atoms with E-state index in [2.05, 4.69) is 44.2 Å². The summed E-state index contributed by atoms with van der Waals surface area (Å²) in [5, 5.41) is 11.9. The molecule has 4 fully saturated rings. The van der Waals surface area contributed by atoms with Gasteiger partial charge in [0, 0.05) is 5.41 Å². The van der Waals surface area contributed by atoms with Gasteiger partial charge in [0.1, 0.15) is 0 Å². The Morgan fingerprint density at radius 3 is 2.38 bits per heavy atom. The number of hydrogen-bond donors (Lipinski definition) is 1. The van der Waals surface area contributed by atoms with Gasteiger partial charge in [0.05, 0.1) is 5.60 Å². The number of fused-ring (bicyclic) bond motifs is 5. The molecule has 1 heteroatoms. The quantitative estimate of drug-likeness (QED) is 0.628. The molecule has 4 saturated carbocycles. The van der Waals surface area contributed by atoms with Crippen molar-refractivity contribution in [2.24, 2.45) is 34.5 Å². The van der Waals surface area contributed by atoms with Crippen LogP contribution in [0.1, 0.15) is 83.6 Å². The Labute approximate surface area is 159 Å². The molecule has 0 spiro atoms. The van der Waals surface area contributed by atoms with Crippen LogP contribution in [0.15, 0.2) is 30.3 Å². The summed E-state index contributed by atoms with van der Waals surface area (Å²) in [6, 6.07) is 10.6. The molecule has 1 N–H and O–H groups in total. The maximum Gasteiger partial charge on any atom is 0.0952 e. The van der Waals surface area contributed by atoms with Crippen LogP contribution in [-0.4, -0.2) is 5.11 Å². The van der Waals surface area contributed by atoms with Crippen LogP contribution in [0, 0.1) is 34.5 Å². The molecule has 0 bridgehead atoms. The maximum absolute atomic E-state index is 11.9. The fourth-order valence-electron chi connectivity index (χ4n) is 8.50. The third kappa shape index (κ3) is 2.13. The second-order valence-electron chi connectivity index (χ2n) is 10.6. The maximum atomic E-state index is 11.9. The van der Waals surface area contributed by atoms with E-state index in [9.17, 15) is 5.11 Å². The summed E-state index contributed by atoms with van der Waals surface area (Å²) in [5.74, 6) is 3.46. The molecular formula is C25H36O. The minimum Gasteiger partial charge on any atom is -0.385 e. The van der Waals surface area contributed by atoms with Crippen LogP contribution in [0.3, 0.4) is 0 Å². The fraction of sp³-hybridized carbons (Fsp3) is 0.760. The molecule has 26 heavy (non-hydrogen) atoms. The molecule has 4 aliphatic rings. The lowest BCUT2D eigenvalue weighted by atomic mass is 9.44. The van der Waals surface area contributed by atoms with Crippen LogP contribution < -0.4 is 0 Å². The fourth-order valence-corrected chi connectivity index (χ4v) is 8.50. The van der Waals surface area contributed by atoms with E-state index in [1.165, 1.54) is 63.4 Å². The van der Waals surface area contributed by atoms with Gasteiger partial charge in [-0.2, -0.15) is 0 Å². The minimum atomic E-state index is -0.617. The Morgan fingerprint density at radius 2 is 1.58 bits per heavy atom. The normalized spacial score (nSPS) is 50.6. The van der Waals surface area contributed by atoms with E-state index in [0.29, 0.717) is 11.3 Å². The highest BCUT2D eigenvalue weighted by atomic mass is 16.3. The van der Waals surface area contributed by atoms with Gasteiger partial charge in [0.2, 0.25) is 0 Å². The number of benzene rings is 1. The minimum absolute atomic E-state index is 0.0629. The summed E-state index contributed by atoms with van der Waals surface area (Å²) in [4.78, 5) is 0. The van der Waals surface area contributed by atoms with Gasteiger partial charge in [0.25, 0.3) is 0 Å². The highest BCUT2D eigenvalue weighted by Gasteiger charge is 2.64. The molecule has 4 aliphatic carbocycles. The summed E-state index contributed by atoms with van der Waals surface area (Å²) in [6.45, 7) is 5.08. The summed E-state index contributed by atoms with van der Waals surface area (Å²) >= 11 is 0. The Kier molecular flexibility index (Phi) is 3.88. The van der Waals surface area contributed by atoms with E-state index in [1.54, 1.807) is 0 Å². The van der Waals surface area contributed by atoms with Crippen LogP contribution in [0.25, 0.3) is 0 Å². The molecule has 1 aromatic rings. The largest absolute Gasteiger partial charge is 0.385 e. The molecule has 0 radical (unpaired) electrons. The van der Waals surface area contributed by atoms with Crippen molar-refractivity contribution < 1.29 is 5.11 Å². The highest BCUT2D eigenvalue weighted by molar-refractivity contribution is 5.29. The highest BCUT2D eigenvalue weighted by Crippen LogP contribution is 2.69. The van der Waals surface area contributed by atoms with Crippen molar-refractivity contribution in [3.63, 3.8) is 0 Å². The third-order valence-electron chi connectivity index (χ3n) is 9.99. The van der Waals surface area contributed by atoms with E-state index < -0.39 is 5.60 Å². The number of aliphatic hydroxyl groups is 1. The van der Waals surface area contributed by atoms with Crippen LogP contribution in [0.2, 0.25) is 0 Å². The zero-order valence-electron chi connectivity index (χ0n) is 16.7. The van der Waals surface area contributed by atoms with Crippen LogP contribution >= 0.6 is 0 Å². The lowest BCUT2D eigenvalue weighted by molar-refractivity contribution is -0.154. The second-order valence-corrected chi connectivity index (χ2v) is 10.6. The predicted molar refractivity (Wildman–Crippen MR) is 107 cm³/mol. The van der Waals surface area contributed by atoms with Crippen molar-refractivity contribution in [1.82, 2.24) is 0 Å². The Morgan fingerprint density at radius 1 is 0.808 bits per heavy atom. The second kappa shape index (κ2) is 5.84. The zero-order chi connectivity index (χ0) is 18.0. The standard InChI is InChI=1S/C25H36O/c1-23-15-7-6-8-18(23)11-12-20-21(23)13-16-24(2)22(20)14-17-25(24,26)19-9-4-3-5-10-19/h3-5,9-10,18,20-22,26H,6-8,11-17H2,1-2H3/t18-,20+,21-,22-,23+,24-,25+/m1/s1. The van der Waals surface area contributed by atoms with Crippen molar-refractivity contribution in [2.75, 3.05) is 0 Å². The van der Waals surface area contributed by atoms with E-state index >= 15 is 0 Å². The lowest BCUT2D eigenvalue weighted by Gasteiger charge is -2.61. The molecule has 0 aromatic heterocycles. The average Bonchev–Trinajstić information content (AvgIpc) is 2.94. The van der Waals surface area contributed by atoms with Crippen molar-refractivity contribution in [2.45, 2.75) is 83.7 Å². The number of rotatable bonds is 1. The van der Waals surface area contributed by atoms with E-state index in [4.69, 9.17) is 0 Å². The molecular weight excluding hydrogens is 316 g/mol. The van der Waals surface area contributed by atoms with Gasteiger partial charge in [-0.15, -0.1) is 0 Å². The first-order valence-corrected chi connectivity index (χ1v) is 11.3. The van der Waals surface area contributed by atoms with Crippen molar-refractivity contribution in [3.8, 4) is 0 Å². The topological polar surface area (TPSA) is 20.2 Å². The molecule has 0 unspecified atom stereocenters. The molecule has 0 amide bonds. The van der Waals surface area contributed by atoms with Gasteiger partial charge < -0.3 is 5.11 Å². The Hall–Kier alpha value is -0.820. The van der Waals surface area contributed by atoms with E-state index in [0.717, 1.165) is 24.2 Å². The van der Waals surface area contributed by atoms with Gasteiger partial charge in [-0.25, -0.2) is 0 Å². The van der Waals surface area contributed by atoms with Gasteiger partial charge >= 0.3 is 0 Å². The van der Waals surface area contributed by atoms with Crippen LogP contribution in [0.4, 0.5) is 0 Å². The first-order chi connectivity index (χ1) is 12.5. The summed E-state index contributed by atoms with van der Waals surface area (Å²) in [7, 11) is 0. The molecule has 0 heterocycles. The summed E-state index contributed by atoms with van der Waals surface area (Å²) in [6.07, 6.45) is 13.5. The predicted octanol–water partition coefficient (Wildman–Crippen LogP) is 6.31. The molecule has 5 rings (SSSR count). The Balaban J connectivity index is 1.49. The van der Waals surface area contributed by atoms with Crippen LogP contribution in [-0.2, 0) is 5.60 Å². The molecule has 7 atom stereocenters. The van der Waals surface area contributed by atoms with E-state index in [1.807, 2.05) is 0 Å². The first-order valence-electron chi connectivity index (χ1n) is 11.3. The van der Waals surface area contributed by atoms with Crippen LogP contribution in [0.5, 0.6) is 0 Å². The van der Waals surface area contributed by atoms with Gasteiger partial charge in [0.15, 0.2) is 0 Å². The zero-order valence-corrected chi connectivity index (χ0v) is 16.7. The first kappa shape index (κ1) is 17.3. The molecule has 0 saturated heterocycles. The van der Waals surface area contributed by atoms with E-state index in [-0.39, 0.29) is 5.41 Å². The van der Waals surface area contributed by atoms with Crippen molar-refractivity contribution in [3.05, 3.63) is 35.9 Å². The molecule has 1 aromatic carbocycles. The smallest absolute Gasteiger partial charge is 0.0952 e. The average molecular weight is 353 g/mol. The SMILES string of the molecule is C[C@]12CCCC[C@@H]1CC[C@H]1[C@H]2CC[C@]2(C)[C@@H]1CC[C@]2(O)c1ccccc1. The van der Waals surface area contributed by atoms with Gasteiger partial charge in [-0.1, -0.05) is 57.0 Å². The molecule has 142 valence electrons. The molecule has 0 aliphatic heterocycles. The molecule has 1 nitrogen and oxygen atoms in total. The van der Waals surface area contributed by atoms with Crippen molar-refractivity contribution in [1.29, 1.82) is 0 Å². The monoisotopic (exact) mass is 352 g/mol. The number of hydrogen-bond acceptors (Lipinski definition) is 1. The van der Waals surface area contributed by atoms with Gasteiger partial charge in [-0.05, 0) is 86.0 Å². The summed E-state index contributed by atoms with van der Waals surface area (Å²) < 4.78 is 0. The summed E-state index contributed by atoms with van der Waals surface area (Å²) in [5.41, 5.74) is 1.21. The van der Waals surface area contributed by atoms with Crippen molar-refractivity contribution >= 4 is 0 Å². The van der Waals surface area contributed by atoms with Gasteiger partial charge in [-0.3, -0.25) is 0 Å². The Bertz CT molecular complexity index is 668. The lowest BCUT2D eigenvalue weighted by Crippen LogP contribution is -2.55. The third-order valence-corrected chi connectivity index (χ3v) is 9.99.